The van der Waals surface area contributed by atoms with Crippen molar-refractivity contribution in [2.45, 2.75) is 20.3 Å². The molecule has 1 rings (SSSR count). The van der Waals surface area contributed by atoms with Crippen LogP contribution in [0.3, 0.4) is 0 Å². The predicted molar refractivity (Wildman–Crippen MR) is 80.4 cm³/mol. The van der Waals surface area contributed by atoms with Gasteiger partial charge in [0.1, 0.15) is 0 Å². The van der Waals surface area contributed by atoms with E-state index >= 15 is 0 Å². The summed E-state index contributed by atoms with van der Waals surface area (Å²) >= 11 is 0. The second-order valence-electron chi connectivity index (χ2n) is 4.56. The van der Waals surface area contributed by atoms with Crippen LogP contribution in [0.15, 0.2) is 18.2 Å². The number of carbonyl (C=O) groups is 1. The second kappa shape index (κ2) is 8.36. The quantitative estimate of drug-likeness (QED) is 0.792. The molecule has 0 heterocycles. The van der Waals surface area contributed by atoms with Gasteiger partial charge in [-0.15, -0.1) is 0 Å². The van der Waals surface area contributed by atoms with Gasteiger partial charge in [0.2, 0.25) is 0 Å². The third-order valence-electron chi connectivity index (χ3n) is 2.91. The molecule has 108 valence electrons. The van der Waals surface area contributed by atoms with E-state index in [2.05, 4.69) is 11.8 Å². The Kier molecular flexibility index (Phi) is 6.78. The van der Waals surface area contributed by atoms with E-state index in [1.165, 1.54) is 0 Å². The highest BCUT2D eigenvalue weighted by molar-refractivity contribution is 5.94. The Morgan fingerprint density at radius 1 is 1.40 bits per heavy atom. The molecule has 0 unspecified atom stereocenters. The van der Waals surface area contributed by atoms with Gasteiger partial charge in [-0.05, 0) is 44.0 Å². The van der Waals surface area contributed by atoms with Gasteiger partial charge in [-0.2, -0.15) is 0 Å². The first kappa shape index (κ1) is 16.2. The van der Waals surface area contributed by atoms with E-state index < -0.39 is 0 Å². The zero-order valence-corrected chi connectivity index (χ0v) is 12.1. The number of aryl methyl sites for hydroxylation is 1. The van der Waals surface area contributed by atoms with Crippen molar-refractivity contribution in [3.8, 4) is 11.8 Å². The van der Waals surface area contributed by atoms with Gasteiger partial charge in [-0.1, -0.05) is 11.8 Å². The largest absolute Gasteiger partial charge is 0.396 e. The Morgan fingerprint density at radius 2 is 2.15 bits per heavy atom. The molecule has 0 atom stereocenters. The van der Waals surface area contributed by atoms with Crippen LogP contribution in [0.25, 0.3) is 0 Å². The van der Waals surface area contributed by atoms with E-state index in [4.69, 9.17) is 10.8 Å². The summed E-state index contributed by atoms with van der Waals surface area (Å²) in [5, 5.41) is 8.88. The minimum absolute atomic E-state index is 0.0274. The van der Waals surface area contributed by atoms with E-state index in [9.17, 15) is 4.79 Å². The summed E-state index contributed by atoms with van der Waals surface area (Å²) in [5.41, 5.74) is 7.79. The number of hydrogen-bond donors (Lipinski definition) is 2. The van der Waals surface area contributed by atoms with Crippen molar-refractivity contribution in [2.75, 3.05) is 26.2 Å². The van der Waals surface area contributed by atoms with Crippen LogP contribution in [-0.4, -0.2) is 42.2 Å². The summed E-state index contributed by atoms with van der Waals surface area (Å²) in [7, 11) is 0. The summed E-state index contributed by atoms with van der Waals surface area (Å²) in [6.07, 6.45) is 0.589. The lowest BCUT2D eigenvalue weighted by Crippen LogP contribution is -2.32. The molecule has 1 aromatic rings. The first-order valence-corrected chi connectivity index (χ1v) is 6.83. The standard InChI is InChI=1S/C16H22N2O2/c1-3-18(8-5-9-19)16(20)15-11-13(2)10-14(12-15)6-4-7-17/h10-12,19H,3,5,7-9,17H2,1-2H3. The summed E-state index contributed by atoms with van der Waals surface area (Å²) in [6.45, 7) is 5.44. The molecule has 1 aromatic carbocycles. The first-order valence-electron chi connectivity index (χ1n) is 6.83. The summed E-state index contributed by atoms with van der Waals surface area (Å²) in [6, 6.07) is 5.58. The maximum Gasteiger partial charge on any atom is 0.253 e. The van der Waals surface area contributed by atoms with Crippen molar-refractivity contribution in [3.05, 3.63) is 34.9 Å². The number of benzene rings is 1. The Hall–Kier alpha value is -1.83. The zero-order chi connectivity index (χ0) is 15.0. The molecule has 0 spiro atoms. The molecular formula is C16H22N2O2. The van der Waals surface area contributed by atoms with Crippen LogP contribution in [0.2, 0.25) is 0 Å². The van der Waals surface area contributed by atoms with Crippen molar-refractivity contribution < 1.29 is 9.90 Å². The number of nitrogens with two attached hydrogens (primary N) is 1. The van der Waals surface area contributed by atoms with Crippen LogP contribution in [0.1, 0.15) is 34.8 Å². The van der Waals surface area contributed by atoms with E-state index in [0.717, 1.165) is 11.1 Å². The number of amides is 1. The highest BCUT2D eigenvalue weighted by Crippen LogP contribution is 2.12. The molecule has 0 saturated carbocycles. The maximum atomic E-state index is 12.4. The Bertz CT molecular complexity index is 515. The molecule has 20 heavy (non-hydrogen) atoms. The molecule has 3 N–H and O–H groups in total. The molecule has 0 radical (unpaired) electrons. The molecule has 1 amide bonds. The van der Waals surface area contributed by atoms with Crippen molar-refractivity contribution in [1.29, 1.82) is 0 Å². The lowest BCUT2D eigenvalue weighted by atomic mass is 10.1. The van der Waals surface area contributed by atoms with Gasteiger partial charge in [0.05, 0.1) is 6.54 Å². The molecule has 0 bridgehead atoms. The van der Waals surface area contributed by atoms with Crippen LogP contribution < -0.4 is 5.73 Å². The summed E-state index contributed by atoms with van der Waals surface area (Å²) in [5.74, 6) is 5.72. The van der Waals surface area contributed by atoms with Crippen LogP contribution >= 0.6 is 0 Å². The average molecular weight is 274 g/mol. The van der Waals surface area contributed by atoms with E-state index in [-0.39, 0.29) is 12.5 Å². The molecule has 0 aliphatic heterocycles. The SMILES string of the molecule is CCN(CCCO)C(=O)c1cc(C)cc(C#CCN)c1. The smallest absolute Gasteiger partial charge is 0.253 e. The number of carbonyl (C=O) groups excluding carboxylic acids is 1. The number of rotatable bonds is 5. The molecule has 0 aliphatic carbocycles. The minimum atomic E-state index is -0.0274. The molecule has 0 aliphatic rings. The molecule has 0 saturated heterocycles. The van der Waals surface area contributed by atoms with Gasteiger partial charge in [0.25, 0.3) is 5.91 Å². The third-order valence-corrected chi connectivity index (χ3v) is 2.91. The minimum Gasteiger partial charge on any atom is -0.396 e. The van der Waals surface area contributed by atoms with Gasteiger partial charge in [0, 0.05) is 30.8 Å². The summed E-state index contributed by atoms with van der Waals surface area (Å²) < 4.78 is 0. The lowest BCUT2D eigenvalue weighted by Gasteiger charge is -2.20. The highest BCUT2D eigenvalue weighted by Gasteiger charge is 2.14. The van der Waals surface area contributed by atoms with E-state index in [1.807, 2.05) is 26.0 Å². The number of nitrogens with zero attached hydrogens (tertiary/aromatic N) is 1. The number of aliphatic hydroxyl groups excluding tert-OH is 1. The molecule has 0 aromatic heterocycles. The fourth-order valence-corrected chi connectivity index (χ4v) is 1.98. The number of hydrogen-bond acceptors (Lipinski definition) is 3. The van der Waals surface area contributed by atoms with E-state index in [0.29, 0.717) is 31.6 Å². The van der Waals surface area contributed by atoms with Gasteiger partial charge < -0.3 is 15.7 Å². The second-order valence-corrected chi connectivity index (χ2v) is 4.56. The predicted octanol–water partition coefficient (Wildman–Crippen LogP) is 1.15. The average Bonchev–Trinajstić information content (AvgIpc) is 2.45. The van der Waals surface area contributed by atoms with Crippen molar-refractivity contribution >= 4 is 5.91 Å². The molecular weight excluding hydrogens is 252 g/mol. The molecule has 4 heteroatoms. The van der Waals surface area contributed by atoms with Gasteiger partial charge in [-0.25, -0.2) is 0 Å². The Morgan fingerprint density at radius 3 is 2.75 bits per heavy atom. The van der Waals surface area contributed by atoms with Crippen LogP contribution in [0, 0.1) is 18.8 Å². The van der Waals surface area contributed by atoms with Gasteiger partial charge >= 0.3 is 0 Å². The Balaban J connectivity index is 2.99. The Labute approximate surface area is 120 Å². The topological polar surface area (TPSA) is 66.6 Å². The fraction of sp³-hybridized carbons (Fsp3) is 0.438. The first-order chi connectivity index (χ1) is 9.62. The van der Waals surface area contributed by atoms with Crippen LogP contribution in [0.5, 0.6) is 0 Å². The lowest BCUT2D eigenvalue weighted by molar-refractivity contribution is 0.0754. The highest BCUT2D eigenvalue weighted by atomic mass is 16.3. The van der Waals surface area contributed by atoms with E-state index in [1.54, 1.807) is 11.0 Å². The van der Waals surface area contributed by atoms with Crippen molar-refractivity contribution in [1.82, 2.24) is 4.90 Å². The van der Waals surface area contributed by atoms with Crippen molar-refractivity contribution in [2.24, 2.45) is 5.73 Å². The fourth-order valence-electron chi connectivity index (χ4n) is 1.98. The summed E-state index contributed by atoms with van der Waals surface area (Å²) in [4.78, 5) is 14.2. The van der Waals surface area contributed by atoms with Gasteiger partial charge in [-0.3, -0.25) is 4.79 Å². The van der Waals surface area contributed by atoms with Gasteiger partial charge in [0.15, 0.2) is 0 Å². The molecule has 0 fully saturated rings. The van der Waals surface area contributed by atoms with Crippen LogP contribution in [-0.2, 0) is 0 Å². The third kappa shape index (κ3) is 4.69. The zero-order valence-electron chi connectivity index (χ0n) is 12.1. The van der Waals surface area contributed by atoms with Crippen molar-refractivity contribution in [3.63, 3.8) is 0 Å². The normalized spacial score (nSPS) is 9.80. The van der Waals surface area contributed by atoms with Crippen LogP contribution in [0.4, 0.5) is 0 Å². The molecule has 4 nitrogen and oxygen atoms in total. The maximum absolute atomic E-state index is 12.4. The monoisotopic (exact) mass is 274 g/mol. The number of aliphatic hydroxyl groups is 1.